The summed E-state index contributed by atoms with van der Waals surface area (Å²) in [5, 5.41) is 11.3. The predicted molar refractivity (Wildman–Crippen MR) is 106 cm³/mol. The highest BCUT2D eigenvalue weighted by molar-refractivity contribution is 5.94. The van der Waals surface area contributed by atoms with E-state index in [9.17, 15) is 14.4 Å². The predicted octanol–water partition coefficient (Wildman–Crippen LogP) is 0.938. The van der Waals surface area contributed by atoms with Gasteiger partial charge in [-0.2, -0.15) is 0 Å². The summed E-state index contributed by atoms with van der Waals surface area (Å²) < 4.78 is 0. The molecule has 0 aromatic heterocycles. The molecule has 0 radical (unpaired) electrons. The number of carboxylic acid groups (broad SMARTS) is 1. The number of amides is 3. The standard InChI is InChI=1S/C20H28N4O4/c1-14(19(26)27)21-18(25)7-10-23-11-12-24(20(23)28)17-4-3-15-5-8-22(2)9-6-16(15)13-17/h3-4,13-14H,5-12H2,1-2H3,(H,21,25)(H,26,27). The van der Waals surface area contributed by atoms with Crippen LogP contribution in [-0.2, 0) is 22.4 Å². The Morgan fingerprint density at radius 3 is 2.57 bits per heavy atom. The van der Waals surface area contributed by atoms with E-state index in [2.05, 4.69) is 29.4 Å². The Morgan fingerprint density at radius 2 is 1.86 bits per heavy atom. The number of rotatable bonds is 6. The van der Waals surface area contributed by atoms with Gasteiger partial charge in [-0.15, -0.1) is 0 Å². The summed E-state index contributed by atoms with van der Waals surface area (Å²) in [5.41, 5.74) is 3.55. The van der Waals surface area contributed by atoms with Gasteiger partial charge in [0.1, 0.15) is 6.04 Å². The maximum atomic E-state index is 12.8. The van der Waals surface area contributed by atoms with Crippen molar-refractivity contribution in [3.63, 3.8) is 0 Å². The van der Waals surface area contributed by atoms with Crippen molar-refractivity contribution in [2.45, 2.75) is 32.2 Å². The molecule has 2 aliphatic rings. The van der Waals surface area contributed by atoms with Crippen molar-refractivity contribution in [1.82, 2.24) is 15.1 Å². The van der Waals surface area contributed by atoms with Crippen LogP contribution < -0.4 is 10.2 Å². The van der Waals surface area contributed by atoms with Crippen LogP contribution in [0.25, 0.3) is 0 Å². The van der Waals surface area contributed by atoms with Gasteiger partial charge in [0.05, 0.1) is 0 Å². The van der Waals surface area contributed by atoms with E-state index in [1.807, 2.05) is 6.07 Å². The molecule has 2 aliphatic heterocycles. The van der Waals surface area contributed by atoms with Crippen LogP contribution in [0, 0.1) is 0 Å². The molecule has 28 heavy (non-hydrogen) atoms. The Bertz CT molecular complexity index is 767. The van der Waals surface area contributed by atoms with E-state index in [0.717, 1.165) is 31.6 Å². The lowest BCUT2D eigenvalue weighted by Gasteiger charge is -2.20. The maximum absolute atomic E-state index is 12.8. The smallest absolute Gasteiger partial charge is 0.325 e. The number of aliphatic carboxylic acids is 1. The highest BCUT2D eigenvalue weighted by Crippen LogP contribution is 2.25. The van der Waals surface area contributed by atoms with Crippen LogP contribution in [0.2, 0.25) is 0 Å². The number of carbonyl (C=O) groups is 3. The minimum absolute atomic E-state index is 0.0910. The molecular weight excluding hydrogens is 360 g/mol. The Morgan fingerprint density at radius 1 is 1.14 bits per heavy atom. The summed E-state index contributed by atoms with van der Waals surface area (Å²) in [6, 6.07) is 5.21. The van der Waals surface area contributed by atoms with Crippen molar-refractivity contribution in [2.24, 2.45) is 0 Å². The van der Waals surface area contributed by atoms with Crippen LogP contribution in [0.3, 0.4) is 0 Å². The highest BCUT2D eigenvalue weighted by atomic mass is 16.4. The summed E-state index contributed by atoms with van der Waals surface area (Å²) in [5.74, 6) is -1.44. The summed E-state index contributed by atoms with van der Waals surface area (Å²) in [7, 11) is 2.13. The van der Waals surface area contributed by atoms with Gasteiger partial charge in [0.25, 0.3) is 0 Å². The van der Waals surface area contributed by atoms with Gasteiger partial charge < -0.3 is 20.2 Å². The van der Waals surface area contributed by atoms with Crippen molar-refractivity contribution >= 4 is 23.6 Å². The van der Waals surface area contributed by atoms with E-state index in [-0.39, 0.29) is 24.9 Å². The number of anilines is 1. The summed E-state index contributed by atoms with van der Waals surface area (Å²) in [6.45, 7) is 4.90. The van der Waals surface area contributed by atoms with Gasteiger partial charge in [0, 0.05) is 44.8 Å². The molecule has 1 aromatic carbocycles. The number of fused-ring (bicyclic) bond motifs is 1. The van der Waals surface area contributed by atoms with Gasteiger partial charge in [-0.1, -0.05) is 6.07 Å². The second-order valence-corrected chi connectivity index (χ2v) is 7.55. The number of benzene rings is 1. The van der Waals surface area contributed by atoms with Crippen LogP contribution in [0.5, 0.6) is 0 Å². The molecule has 8 heteroatoms. The zero-order valence-electron chi connectivity index (χ0n) is 16.5. The van der Waals surface area contributed by atoms with Crippen LogP contribution in [0.15, 0.2) is 18.2 Å². The van der Waals surface area contributed by atoms with Crippen LogP contribution in [0.4, 0.5) is 10.5 Å². The lowest BCUT2D eigenvalue weighted by molar-refractivity contribution is -0.141. The van der Waals surface area contributed by atoms with Gasteiger partial charge in [-0.3, -0.25) is 14.5 Å². The minimum atomic E-state index is -1.08. The molecule has 2 N–H and O–H groups in total. The molecule has 0 spiro atoms. The molecule has 0 saturated carbocycles. The molecule has 1 saturated heterocycles. The Balaban J connectivity index is 1.58. The molecule has 3 amide bonds. The van der Waals surface area contributed by atoms with Crippen molar-refractivity contribution < 1.29 is 19.5 Å². The second-order valence-electron chi connectivity index (χ2n) is 7.55. The molecule has 1 unspecified atom stereocenters. The van der Waals surface area contributed by atoms with Crippen molar-refractivity contribution in [1.29, 1.82) is 0 Å². The van der Waals surface area contributed by atoms with E-state index >= 15 is 0 Å². The first-order valence-electron chi connectivity index (χ1n) is 9.74. The monoisotopic (exact) mass is 388 g/mol. The lowest BCUT2D eigenvalue weighted by atomic mass is 10.0. The third-order valence-electron chi connectivity index (χ3n) is 5.48. The number of hydrogen-bond acceptors (Lipinski definition) is 4. The Labute approximate surface area is 165 Å². The number of nitrogens with one attached hydrogen (secondary N) is 1. The van der Waals surface area contributed by atoms with Gasteiger partial charge >= 0.3 is 12.0 Å². The van der Waals surface area contributed by atoms with Crippen LogP contribution >= 0.6 is 0 Å². The number of carbonyl (C=O) groups excluding carboxylic acids is 2. The minimum Gasteiger partial charge on any atom is -0.480 e. The molecule has 1 atom stereocenters. The topological polar surface area (TPSA) is 93.2 Å². The number of likely N-dealkylation sites (N-methyl/N-ethyl adjacent to an activating group) is 1. The Hall–Kier alpha value is -2.61. The highest BCUT2D eigenvalue weighted by Gasteiger charge is 2.30. The summed E-state index contributed by atoms with van der Waals surface area (Å²) in [4.78, 5) is 41.1. The first-order valence-corrected chi connectivity index (χ1v) is 9.74. The Kier molecular flexibility index (Phi) is 6.18. The third-order valence-corrected chi connectivity index (χ3v) is 5.48. The molecule has 2 heterocycles. The fourth-order valence-corrected chi connectivity index (χ4v) is 3.63. The zero-order chi connectivity index (χ0) is 20.3. The molecular formula is C20H28N4O4. The zero-order valence-corrected chi connectivity index (χ0v) is 16.5. The van der Waals surface area contributed by atoms with Gasteiger partial charge in [0.15, 0.2) is 0 Å². The van der Waals surface area contributed by atoms with E-state index in [0.29, 0.717) is 13.1 Å². The maximum Gasteiger partial charge on any atom is 0.325 e. The van der Waals surface area contributed by atoms with Gasteiger partial charge in [-0.05, 0) is 50.1 Å². The average molecular weight is 388 g/mol. The van der Waals surface area contributed by atoms with Crippen LogP contribution in [-0.4, -0.2) is 78.6 Å². The SMILES string of the molecule is CC(NC(=O)CCN1CCN(c2ccc3c(c2)CCN(C)CC3)C1=O)C(=O)O. The molecule has 0 bridgehead atoms. The van der Waals surface area contributed by atoms with Crippen molar-refractivity contribution in [2.75, 3.05) is 44.7 Å². The number of nitrogens with zero attached hydrogens (tertiary/aromatic N) is 3. The quantitative estimate of drug-likeness (QED) is 0.757. The fraction of sp³-hybridized carbons (Fsp3) is 0.550. The second kappa shape index (κ2) is 8.60. The molecule has 1 fully saturated rings. The van der Waals surface area contributed by atoms with Gasteiger partial charge in [0.2, 0.25) is 5.91 Å². The first-order chi connectivity index (χ1) is 13.3. The number of urea groups is 1. The molecule has 1 aromatic rings. The number of hydrogen-bond donors (Lipinski definition) is 2. The van der Waals surface area contributed by atoms with E-state index in [1.54, 1.807) is 9.80 Å². The molecule has 8 nitrogen and oxygen atoms in total. The third kappa shape index (κ3) is 4.62. The normalized spacial score (nSPS) is 18.6. The van der Waals surface area contributed by atoms with Crippen molar-refractivity contribution in [3.8, 4) is 0 Å². The van der Waals surface area contributed by atoms with E-state index < -0.39 is 12.0 Å². The van der Waals surface area contributed by atoms with E-state index in [1.165, 1.54) is 18.1 Å². The molecule has 0 aliphatic carbocycles. The largest absolute Gasteiger partial charge is 0.480 e. The summed E-state index contributed by atoms with van der Waals surface area (Å²) in [6.07, 6.45) is 2.09. The van der Waals surface area contributed by atoms with E-state index in [4.69, 9.17) is 5.11 Å². The van der Waals surface area contributed by atoms with Crippen molar-refractivity contribution in [3.05, 3.63) is 29.3 Å². The first kappa shape index (κ1) is 20.1. The molecule has 152 valence electrons. The van der Waals surface area contributed by atoms with Crippen LogP contribution in [0.1, 0.15) is 24.5 Å². The molecule has 3 rings (SSSR count). The lowest BCUT2D eigenvalue weighted by Crippen LogP contribution is -2.40. The average Bonchev–Trinajstić information content (AvgIpc) is 2.92. The van der Waals surface area contributed by atoms with Gasteiger partial charge in [-0.25, -0.2) is 4.79 Å². The number of carboxylic acids is 1. The summed E-state index contributed by atoms with van der Waals surface area (Å²) >= 11 is 0. The fourth-order valence-electron chi connectivity index (χ4n) is 3.63.